The van der Waals surface area contributed by atoms with E-state index in [2.05, 4.69) is 22.6 Å². The second-order valence-electron chi connectivity index (χ2n) is 6.41. The van der Waals surface area contributed by atoms with Gasteiger partial charge in [-0.2, -0.15) is 0 Å². The summed E-state index contributed by atoms with van der Waals surface area (Å²) in [5.41, 5.74) is 2.03. The summed E-state index contributed by atoms with van der Waals surface area (Å²) in [5.74, 6) is 0. The molecule has 1 heterocycles. The Hall–Kier alpha value is 0.0900. The molecule has 0 atom stereocenters. The van der Waals surface area contributed by atoms with E-state index in [9.17, 15) is 0 Å². The Kier molecular flexibility index (Phi) is 5.94. The minimum Gasteiger partial charge on any atom is -0.290 e. The zero-order valence-electron chi connectivity index (χ0n) is 12.5. The molecular weight excluding hydrogens is 281 g/mol. The van der Waals surface area contributed by atoms with Gasteiger partial charge in [0.1, 0.15) is 0 Å². The van der Waals surface area contributed by atoms with Gasteiger partial charge in [-0.15, -0.1) is 11.3 Å². The highest BCUT2D eigenvalue weighted by Gasteiger charge is 2.30. The van der Waals surface area contributed by atoms with Crippen LogP contribution in [0.3, 0.4) is 0 Å². The minimum atomic E-state index is 0.0549. The van der Waals surface area contributed by atoms with Crippen molar-refractivity contribution in [3.05, 3.63) is 22.4 Å². The highest BCUT2D eigenvalue weighted by atomic mass is 32.1. The van der Waals surface area contributed by atoms with Crippen LogP contribution in [0.15, 0.2) is 17.5 Å². The summed E-state index contributed by atoms with van der Waals surface area (Å²) in [4.78, 5) is 1.52. The first-order valence-corrected chi connectivity index (χ1v) is 10.8. The third-order valence-corrected chi connectivity index (χ3v) is 8.96. The van der Waals surface area contributed by atoms with Gasteiger partial charge in [-0.3, -0.25) is 5.09 Å². The Morgan fingerprint density at radius 2 is 1.55 bits per heavy atom. The monoisotopic (exact) mass is 309 g/mol. The number of hydrogen-bond donors (Lipinski definition) is 1. The van der Waals surface area contributed by atoms with Gasteiger partial charge >= 0.3 is 0 Å². The van der Waals surface area contributed by atoms with Crippen molar-refractivity contribution in [3.8, 4) is 0 Å². The van der Waals surface area contributed by atoms with E-state index in [1.165, 1.54) is 69.1 Å². The number of rotatable bonds is 5. The normalized spacial score (nSPS) is 22.4. The van der Waals surface area contributed by atoms with E-state index in [0.717, 1.165) is 17.9 Å². The zero-order chi connectivity index (χ0) is 13.6. The zero-order valence-corrected chi connectivity index (χ0v) is 14.2. The molecule has 2 fully saturated rings. The number of thiophene rings is 1. The molecule has 1 aromatic rings. The maximum Gasteiger partial charge on any atom is 0.0336 e. The molecule has 2 saturated carbocycles. The SMILES string of the molecule is c1csc(CNP(C2CCCCC2)C2CCCCC2)c1. The molecule has 0 spiro atoms. The summed E-state index contributed by atoms with van der Waals surface area (Å²) < 4.78 is 0. The van der Waals surface area contributed by atoms with E-state index in [1.54, 1.807) is 0 Å². The molecule has 112 valence electrons. The van der Waals surface area contributed by atoms with Crippen LogP contribution in [0.4, 0.5) is 0 Å². The molecule has 1 nitrogen and oxygen atoms in total. The standard InChI is InChI=1S/C17H28NPS/c1-3-8-15(9-4-1)19(16-10-5-2-6-11-16)18-14-17-12-7-13-20-17/h7,12-13,15-16,18H,1-6,8-11,14H2. The van der Waals surface area contributed by atoms with Crippen LogP contribution in [-0.4, -0.2) is 11.3 Å². The quantitative estimate of drug-likeness (QED) is 0.668. The van der Waals surface area contributed by atoms with Crippen LogP contribution in [0.5, 0.6) is 0 Å². The Labute approximate surface area is 129 Å². The predicted octanol–water partition coefficient (Wildman–Crippen LogP) is 5.90. The molecule has 2 aliphatic rings. The summed E-state index contributed by atoms with van der Waals surface area (Å²) in [5, 5.41) is 6.25. The molecule has 0 aliphatic heterocycles. The minimum absolute atomic E-state index is 0.0549. The summed E-state index contributed by atoms with van der Waals surface area (Å²) in [7, 11) is 0.0549. The van der Waals surface area contributed by atoms with E-state index in [1.807, 2.05) is 11.3 Å². The second-order valence-corrected chi connectivity index (χ2v) is 10.0. The summed E-state index contributed by atoms with van der Waals surface area (Å²) in [6.07, 6.45) is 14.9. The molecule has 1 aromatic heterocycles. The number of hydrogen-bond acceptors (Lipinski definition) is 2. The fraction of sp³-hybridized carbons (Fsp3) is 0.765. The molecule has 3 rings (SSSR count). The highest BCUT2D eigenvalue weighted by Crippen LogP contribution is 2.53. The van der Waals surface area contributed by atoms with Crippen LogP contribution in [0.25, 0.3) is 0 Å². The topological polar surface area (TPSA) is 12.0 Å². The summed E-state index contributed by atoms with van der Waals surface area (Å²) in [6.45, 7) is 1.12. The van der Waals surface area contributed by atoms with E-state index >= 15 is 0 Å². The van der Waals surface area contributed by atoms with Gasteiger partial charge in [-0.05, 0) is 56.5 Å². The van der Waals surface area contributed by atoms with Crippen LogP contribution >= 0.6 is 19.4 Å². The molecule has 0 aromatic carbocycles. The van der Waals surface area contributed by atoms with Gasteiger partial charge in [-0.25, -0.2) is 0 Å². The molecule has 0 unspecified atom stereocenters. The molecular formula is C17H28NPS. The van der Waals surface area contributed by atoms with Gasteiger partial charge < -0.3 is 0 Å². The fourth-order valence-electron chi connectivity index (χ4n) is 3.86. The second kappa shape index (κ2) is 7.92. The lowest BCUT2D eigenvalue weighted by atomic mass is 10.00. The Morgan fingerprint density at radius 3 is 2.05 bits per heavy atom. The Bertz CT molecular complexity index is 348. The maximum absolute atomic E-state index is 4.04. The summed E-state index contributed by atoms with van der Waals surface area (Å²) >= 11 is 1.91. The van der Waals surface area contributed by atoms with Gasteiger partial charge in [0, 0.05) is 11.4 Å². The Morgan fingerprint density at radius 1 is 0.950 bits per heavy atom. The van der Waals surface area contributed by atoms with Crippen LogP contribution in [0.1, 0.15) is 69.1 Å². The van der Waals surface area contributed by atoms with Gasteiger partial charge in [0.25, 0.3) is 0 Å². The van der Waals surface area contributed by atoms with Crippen molar-refractivity contribution >= 4 is 19.4 Å². The van der Waals surface area contributed by atoms with E-state index < -0.39 is 0 Å². The third-order valence-electron chi connectivity index (χ3n) is 4.95. The van der Waals surface area contributed by atoms with E-state index in [4.69, 9.17) is 0 Å². The van der Waals surface area contributed by atoms with Crippen molar-refractivity contribution in [2.75, 3.05) is 0 Å². The van der Waals surface area contributed by atoms with Crippen molar-refractivity contribution in [2.24, 2.45) is 0 Å². The smallest absolute Gasteiger partial charge is 0.0336 e. The molecule has 0 amide bonds. The molecule has 0 saturated heterocycles. The highest BCUT2D eigenvalue weighted by molar-refractivity contribution is 7.57. The van der Waals surface area contributed by atoms with Gasteiger partial charge in [0.2, 0.25) is 0 Å². The van der Waals surface area contributed by atoms with Crippen molar-refractivity contribution in [1.82, 2.24) is 5.09 Å². The summed E-state index contributed by atoms with van der Waals surface area (Å²) in [6, 6.07) is 4.47. The van der Waals surface area contributed by atoms with Crippen LogP contribution in [0, 0.1) is 0 Å². The molecule has 2 aliphatic carbocycles. The van der Waals surface area contributed by atoms with Crippen molar-refractivity contribution in [1.29, 1.82) is 0 Å². The van der Waals surface area contributed by atoms with Crippen LogP contribution in [0.2, 0.25) is 0 Å². The molecule has 0 bridgehead atoms. The van der Waals surface area contributed by atoms with Crippen molar-refractivity contribution in [2.45, 2.75) is 82.1 Å². The first kappa shape index (κ1) is 15.0. The van der Waals surface area contributed by atoms with Crippen molar-refractivity contribution in [3.63, 3.8) is 0 Å². The van der Waals surface area contributed by atoms with E-state index in [-0.39, 0.29) is 8.07 Å². The third kappa shape index (κ3) is 4.06. The predicted molar refractivity (Wildman–Crippen MR) is 91.8 cm³/mol. The fourth-order valence-corrected chi connectivity index (χ4v) is 7.92. The van der Waals surface area contributed by atoms with Crippen molar-refractivity contribution < 1.29 is 0 Å². The molecule has 3 heteroatoms. The molecule has 1 N–H and O–H groups in total. The molecule has 0 radical (unpaired) electrons. The van der Waals surface area contributed by atoms with Crippen LogP contribution < -0.4 is 5.09 Å². The van der Waals surface area contributed by atoms with Crippen LogP contribution in [-0.2, 0) is 6.54 Å². The lowest BCUT2D eigenvalue weighted by Crippen LogP contribution is -2.27. The van der Waals surface area contributed by atoms with Gasteiger partial charge in [0.05, 0.1) is 0 Å². The number of nitrogens with one attached hydrogen (secondary N) is 1. The largest absolute Gasteiger partial charge is 0.290 e. The lowest BCUT2D eigenvalue weighted by Gasteiger charge is -2.38. The average Bonchev–Trinajstić information content (AvgIpc) is 3.03. The average molecular weight is 309 g/mol. The lowest BCUT2D eigenvalue weighted by molar-refractivity contribution is 0.480. The van der Waals surface area contributed by atoms with E-state index in [0.29, 0.717) is 0 Å². The first-order chi connectivity index (χ1) is 9.93. The Balaban J connectivity index is 1.61. The van der Waals surface area contributed by atoms with Gasteiger partial charge in [-0.1, -0.05) is 44.6 Å². The molecule has 20 heavy (non-hydrogen) atoms. The maximum atomic E-state index is 4.04. The first-order valence-electron chi connectivity index (χ1n) is 8.48. The van der Waals surface area contributed by atoms with Gasteiger partial charge in [0.15, 0.2) is 0 Å².